The maximum atomic E-state index is 12.3. The van der Waals surface area contributed by atoms with Gasteiger partial charge in [0.15, 0.2) is 0 Å². The number of benzene rings is 1. The van der Waals surface area contributed by atoms with Crippen LogP contribution in [0.3, 0.4) is 0 Å². The molecule has 0 aliphatic heterocycles. The Labute approximate surface area is 141 Å². The van der Waals surface area contributed by atoms with E-state index in [2.05, 4.69) is 14.1 Å². The largest absolute Gasteiger partial charge is 0.266 e. The number of anilines is 1. The van der Waals surface area contributed by atoms with E-state index in [1.54, 1.807) is 0 Å². The number of hydrogen-bond donors (Lipinski definition) is 1. The van der Waals surface area contributed by atoms with E-state index in [4.69, 9.17) is 34.8 Å². The van der Waals surface area contributed by atoms with E-state index in [0.717, 1.165) is 11.5 Å². The molecule has 1 aromatic heterocycles. The Morgan fingerprint density at radius 2 is 1.76 bits per heavy atom. The summed E-state index contributed by atoms with van der Waals surface area (Å²) in [4.78, 5) is 3.86. The normalized spacial score (nSPS) is 11.9. The molecule has 0 saturated carbocycles. The van der Waals surface area contributed by atoms with Crippen LogP contribution in [0.25, 0.3) is 0 Å². The van der Waals surface area contributed by atoms with Crippen molar-refractivity contribution in [1.29, 1.82) is 0 Å². The molecule has 21 heavy (non-hydrogen) atoms. The predicted octanol–water partition coefficient (Wildman–Crippen LogP) is 4.42. The zero-order valence-electron chi connectivity index (χ0n) is 10.9. The van der Waals surface area contributed by atoms with Gasteiger partial charge in [0.25, 0.3) is 10.0 Å². The van der Waals surface area contributed by atoms with Crippen molar-refractivity contribution >= 4 is 61.5 Å². The molecular weight excluding hydrogens is 377 g/mol. The number of halogens is 3. The predicted molar refractivity (Wildman–Crippen MR) is 86.3 cm³/mol. The quantitative estimate of drug-likeness (QED) is 0.844. The summed E-state index contributed by atoms with van der Waals surface area (Å²) in [5.41, 5.74) is 0. The summed E-state index contributed by atoms with van der Waals surface area (Å²) in [5.74, 6) is 0.660. The van der Waals surface area contributed by atoms with Crippen molar-refractivity contribution in [2.24, 2.45) is 0 Å². The second-order valence-electron chi connectivity index (χ2n) is 4.42. The van der Waals surface area contributed by atoms with Crippen LogP contribution < -0.4 is 4.72 Å². The Kier molecular flexibility index (Phi) is 4.99. The Bertz CT molecular complexity index is 752. The van der Waals surface area contributed by atoms with E-state index >= 15 is 0 Å². The minimum absolute atomic E-state index is 0.0615. The highest BCUT2D eigenvalue weighted by Gasteiger charge is 2.24. The lowest BCUT2D eigenvalue weighted by molar-refractivity contribution is 0.601. The zero-order valence-corrected chi connectivity index (χ0v) is 14.8. The van der Waals surface area contributed by atoms with E-state index in [1.165, 1.54) is 12.1 Å². The smallest absolute Gasteiger partial charge is 0.253 e. The van der Waals surface area contributed by atoms with Crippen molar-refractivity contribution in [2.45, 2.75) is 24.7 Å². The first-order valence-electron chi connectivity index (χ1n) is 5.71. The molecule has 0 bridgehead atoms. The van der Waals surface area contributed by atoms with Crippen LogP contribution in [0, 0.1) is 0 Å². The molecule has 0 radical (unpaired) electrons. The van der Waals surface area contributed by atoms with Crippen LogP contribution in [0.4, 0.5) is 5.13 Å². The molecule has 0 aliphatic rings. The maximum Gasteiger partial charge on any atom is 0.266 e. The molecule has 0 spiro atoms. The SMILES string of the molecule is CC(C)c1nsc(NS(=O)(=O)c2c(Cl)cc(Cl)cc2Cl)n1. The van der Waals surface area contributed by atoms with Crippen molar-refractivity contribution in [3.63, 3.8) is 0 Å². The summed E-state index contributed by atoms with van der Waals surface area (Å²) in [6, 6.07) is 2.62. The molecule has 2 rings (SSSR count). The Balaban J connectivity index is 2.38. The minimum atomic E-state index is -3.97. The number of sulfonamides is 1. The highest BCUT2D eigenvalue weighted by molar-refractivity contribution is 7.93. The van der Waals surface area contributed by atoms with Gasteiger partial charge in [-0.3, -0.25) is 4.72 Å². The molecule has 10 heteroatoms. The van der Waals surface area contributed by atoms with E-state index in [-0.39, 0.29) is 31.0 Å². The summed E-state index contributed by atoms with van der Waals surface area (Å²) in [6.07, 6.45) is 0. The summed E-state index contributed by atoms with van der Waals surface area (Å²) in [6.45, 7) is 3.82. The fourth-order valence-corrected chi connectivity index (χ4v) is 4.94. The number of aromatic nitrogens is 2. The van der Waals surface area contributed by atoms with E-state index in [0.29, 0.717) is 5.82 Å². The third kappa shape index (κ3) is 3.78. The zero-order chi connectivity index (χ0) is 15.8. The maximum absolute atomic E-state index is 12.3. The van der Waals surface area contributed by atoms with Gasteiger partial charge >= 0.3 is 0 Å². The number of nitrogens with one attached hydrogen (secondary N) is 1. The lowest BCUT2D eigenvalue weighted by Gasteiger charge is -2.09. The lowest BCUT2D eigenvalue weighted by Crippen LogP contribution is -2.14. The standard InChI is InChI=1S/C11H10Cl3N3O2S2/c1-5(2)10-15-11(20-16-10)17-21(18,19)9-7(13)3-6(12)4-8(9)14/h3-5H,1-2H3,(H,15,16,17). The number of hydrogen-bond acceptors (Lipinski definition) is 5. The minimum Gasteiger partial charge on any atom is -0.253 e. The van der Waals surface area contributed by atoms with Crippen molar-refractivity contribution in [3.05, 3.63) is 33.0 Å². The molecule has 0 saturated heterocycles. The summed E-state index contributed by atoms with van der Waals surface area (Å²) >= 11 is 18.6. The van der Waals surface area contributed by atoms with Gasteiger partial charge in [0.05, 0.1) is 10.0 Å². The highest BCUT2D eigenvalue weighted by atomic mass is 35.5. The highest BCUT2D eigenvalue weighted by Crippen LogP contribution is 2.34. The molecular formula is C11H10Cl3N3O2S2. The molecule has 0 unspecified atom stereocenters. The van der Waals surface area contributed by atoms with Crippen LogP contribution >= 0.6 is 46.3 Å². The van der Waals surface area contributed by atoms with Crippen LogP contribution in [-0.2, 0) is 10.0 Å². The Hall–Kier alpha value is -0.600. The second-order valence-corrected chi connectivity index (χ2v) is 8.04. The van der Waals surface area contributed by atoms with Crippen molar-refractivity contribution < 1.29 is 8.42 Å². The summed E-state index contributed by atoms with van der Waals surface area (Å²) in [5, 5.41) is 0.282. The topological polar surface area (TPSA) is 72.0 Å². The van der Waals surface area contributed by atoms with Gasteiger partial charge < -0.3 is 0 Å². The van der Waals surface area contributed by atoms with Crippen LogP contribution in [-0.4, -0.2) is 17.8 Å². The van der Waals surface area contributed by atoms with E-state index in [1.807, 2.05) is 13.8 Å². The van der Waals surface area contributed by atoms with Gasteiger partial charge in [0.2, 0.25) is 5.13 Å². The Morgan fingerprint density at radius 1 is 1.19 bits per heavy atom. The van der Waals surface area contributed by atoms with E-state index < -0.39 is 10.0 Å². The molecule has 2 aromatic rings. The van der Waals surface area contributed by atoms with E-state index in [9.17, 15) is 8.42 Å². The third-order valence-corrected chi connectivity index (χ3v) is 5.66. The van der Waals surface area contributed by atoms with Crippen molar-refractivity contribution in [3.8, 4) is 0 Å². The third-order valence-electron chi connectivity index (χ3n) is 2.41. The first kappa shape index (κ1) is 16.8. The van der Waals surface area contributed by atoms with Crippen LogP contribution in [0.5, 0.6) is 0 Å². The summed E-state index contributed by atoms with van der Waals surface area (Å²) < 4.78 is 31.1. The van der Waals surface area contributed by atoms with Gasteiger partial charge in [-0.25, -0.2) is 13.4 Å². The molecule has 0 amide bonds. The van der Waals surface area contributed by atoms with Crippen LogP contribution in [0.2, 0.25) is 15.1 Å². The number of nitrogens with zero attached hydrogens (tertiary/aromatic N) is 2. The molecule has 0 fully saturated rings. The molecule has 1 aromatic carbocycles. The molecule has 114 valence electrons. The molecule has 0 atom stereocenters. The van der Waals surface area contributed by atoms with Crippen molar-refractivity contribution in [2.75, 3.05) is 4.72 Å². The molecule has 1 N–H and O–H groups in total. The van der Waals surface area contributed by atoms with Crippen LogP contribution in [0.1, 0.15) is 25.6 Å². The van der Waals surface area contributed by atoms with Gasteiger partial charge in [0, 0.05) is 22.5 Å². The Morgan fingerprint density at radius 3 is 2.24 bits per heavy atom. The lowest BCUT2D eigenvalue weighted by atomic mass is 10.2. The van der Waals surface area contributed by atoms with Crippen molar-refractivity contribution in [1.82, 2.24) is 9.36 Å². The molecule has 0 aliphatic carbocycles. The molecule has 1 heterocycles. The first-order chi connectivity index (χ1) is 9.70. The monoisotopic (exact) mass is 385 g/mol. The van der Waals surface area contributed by atoms with Gasteiger partial charge in [-0.05, 0) is 12.1 Å². The first-order valence-corrected chi connectivity index (χ1v) is 9.10. The van der Waals surface area contributed by atoms with Gasteiger partial charge in [-0.2, -0.15) is 4.37 Å². The fraction of sp³-hybridized carbons (Fsp3) is 0.273. The average molecular weight is 387 g/mol. The average Bonchev–Trinajstić information content (AvgIpc) is 2.74. The second kappa shape index (κ2) is 6.26. The van der Waals surface area contributed by atoms with Gasteiger partial charge in [0.1, 0.15) is 10.7 Å². The molecule has 5 nitrogen and oxygen atoms in total. The number of rotatable bonds is 4. The van der Waals surface area contributed by atoms with Crippen LogP contribution in [0.15, 0.2) is 17.0 Å². The van der Waals surface area contributed by atoms with Gasteiger partial charge in [-0.1, -0.05) is 48.7 Å². The summed E-state index contributed by atoms with van der Waals surface area (Å²) in [7, 11) is -3.97. The fourth-order valence-electron chi connectivity index (χ4n) is 1.46. The van der Waals surface area contributed by atoms with Gasteiger partial charge in [-0.15, -0.1) is 0 Å².